The number of carbonyl (C=O) groups is 3. The van der Waals surface area contributed by atoms with Gasteiger partial charge in [0, 0.05) is 56.6 Å². The van der Waals surface area contributed by atoms with Crippen molar-refractivity contribution in [2.75, 3.05) is 22.2 Å². The van der Waals surface area contributed by atoms with Crippen molar-refractivity contribution in [2.45, 2.75) is 0 Å². The van der Waals surface area contributed by atoms with Crippen LogP contribution < -0.4 is 15.1 Å². The Hall–Kier alpha value is -13.8. The summed E-state index contributed by atoms with van der Waals surface area (Å²) in [5.41, 5.74) is 11.2. The average Bonchev–Trinajstić information content (AvgIpc) is 1.76. The number of methoxy groups -OCH3 is 1. The first-order chi connectivity index (χ1) is 50.7. The molecular weight excluding hydrogens is 1260 g/mol. The molecule has 18 aromatic rings. The minimum atomic E-state index is -0.329. The molecule has 0 radical (unpaired) electrons. The normalized spacial score (nSPS) is 11.8. The van der Waals surface area contributed by atoms with Crippen molar-refractivity contribution in [3.05, 3.63) is 392 Å². The third kappa shape index (κ3) is 12.7. The van der Waals surface area contributed by atoms with Gasteiger partial charge < -0.3 is 19.9 Å². The summed E-state index contributed by atoms with van der Waals surface area (Å²) in [6.07, 6.45) is 1.74. The van der Waals surface area contributed by atoms with Crippen LogP contribution >= 0.6 is 0 Å². The van der Waals surface area contributed by atoms with Crippen molar-refractivity contribution in [3.63, 3.8) is 0 Å². The summed E-state index contributed by atoms with van der Waals surface area (Å²) in [5, 5.41) is 24.2. The van der Waals surface area contributed by atoms with E-state index in [4.69, 9.17) is 4.74 Å². The number of nitrogens with one attached hydrogen (secondary N) is 1. The zero-order valence-electron chi connectivity index (χ0n) is 56.2. The van der Waals surface area contributed by atoms with Crippen LogP contribution in [-0.2, 0) is 4.74 Å². The maximum Gasteiger partial charge on any atom is 0.337 e. The van der Waals surface area contributed by atoms with E-state index in [9.17, 15) is 14.4 Å². The molecule has 0 heterocycles. The lowest BCUT2D eigenvalue weighted by molar-refractivity contribution is 0.0600. The molecule has 0 bridgehead atoms. The van der Waals surface area contributed by atoms with E-state index in [0.29, 0.717) is 16.7 Å². The molecule has 0 aliphatic heterocycles. The number of allylic oxidation sites excluding steroid dienone is 1. The molecule has 0 fully saturated rings. The Morgan fingerprint density at radius 2 is 0.524 bits per heavy atom. The Labute approximate surface area is 595 Å². The largest absolute Gasteiger partial charge is 0.465 e. The lowest BCUT2D eigenvalue weighted by Gasteiger charge is -2.26. The fourth-order valence-electron chi connectivity index (χ4n) is 14.3. The SMILES string of the molecule is COC(=O)c1ccc2cc(N(c3ccc4ccccc4c3)c3ccc4ccccc4c3)ccc2c1.O=C1C(=Cc2ccc3cc(N(c4ccc5ccccc5c4)c4ccc5ccccc5c4)ccc3c2)C(=O)c2cc3ccccc3cc21.c1ccc2cc(Nc3ccc4ccccc4c3)ccc2c1. The second-order valence-corrected chi connectivity index (χ2v) is 26.0. The number of ketones is 2. The van der Waals surface area contributed by atoms with Crippen molar-refractivity contribution in [1.82, 2.24) is 0 Å². The minimum Gasteiger partial charge on any atom is -0.465 e. The second-order valence-electron chi connectivity index (χ2n) is 26.0. The van der Waals surface area contributed by atoms with Gasteiger partial charge in [0.15, 0.2) is 11.6 Å². The Balaban J connectivity index is 0.000000123. The number of Topliss-reactive ketones (excluding diaryl/α,β-unsaturated/α-hetero) is 2. The van der Waals surface area contributed by atoms with Crippen LogP contribution in [-0.4, -0.2) is 24.6 Å². The summed E-state index contributed by atoms with van der Waals surface area (Å²) in [5.74, 6) is -0.759. The highest BCUT2D eigenvalue weighted by atomic mass is 16.5. The van der Waals surface area contributed by atoms with E-state index in [-0.39, 0.29) is 23.1 Å². The molecule has 19 rings (SSSR count). The summed E-state index contributed by atoms with van der Waals surface area (Å²) >= 11 is 0. The van der Waals surface area contributed by atoms with Crippen LogP contribution in [0.25, 0.3) is 103 Å². The van der Waals surface area contributed by atoms with Crippen LogP contribution in [0.5, 0.6) is 0 Å². The highest BCUT2D eigenvalue weighted by Crippen LogP contribution is 2.42. The van der Waals surface area contributed by atoms with Gasteiger partial charge in [-0.15, -0.1) is 0 Å². The minimum absolute atomic E-state index is 0.213. The number of benzene rings is 18. The van der Waals surface area contributed by atoms with Gasteiger partial charge in [-0.05, 0) is 236 Å². The number of esters is 1. The predicted molar refractivity (Wildman–Crippen MR) is 430 cm³/mol. The van der Waals surface area contributed by atoms with Crippen LogP contribution in [0.4, 0.5) is 45.5 Å². The van der Waals surface area contributed by atoms with Gasteiger partial charge in [0.25, 0.3) is 0 Å². The summed E-state index contributed by atoms with van der Waals surface area (Å²) < 4.78 is 4.89. The molecule has 1 N–H and O–H groups in total. The molecule has 103 heavy (non-hydrogen) atoms. The van der Waals surface area contributed by atoms with Crippen molar-refractivity contribution >= 4 is 166 Å². The summed E-state index contributed by atoms with van der Waals surface area (Å²) in [7, 11) is 1.40. The van der Waals surface area contributed by atoms with Crippen LogP contribution in [0, 0.1) is 0 Å². The molecule has 488 valence electrons. The van der Waals surface area contributed by atoms with E-state index >= 15 is 0 Å². The molecule has 0 saturated carbocycles. The zero-order valence-corrected chi connectivity index (χ0v) is 56.2. The smallest absolute Gasteiger partial charge is 0.337 e. The highest BCUT2D eigenvalue weighted by Gasteiger charge is 2.33. The maximum absolute atomic E-state index is 13.4. The lowest BCUT2D eigenvalue weighted by atomic mass is 10.0. The summed E-state index contributed by atoms with van der Waals surface area (Å²) in [6.45, 7) is 0. The van der Waals surface area contributed by atoms with Crippen molar-refractivity contribution in [1.29, 1.82) is 0 Å². The number of fused-ring (bicyclic) bond motifs is 10. The van der Waals surface area contributed by atoms with Crippen LogP contribution in [0.2, 0.25) is 0 Å². The highest BCUT2D eigenvalue weighted by molar-refractivity contribution is 6.42. The monoisotopic (exact) mass is 1320 g/mol. The van der Waals surface area contributed by atoms with Gasteiger partial charge >= 0.3 is 5.97 Å². The second kappa shape index (κ2) is 27.2. The number of carbonyl (C=O) groups excluding carboxylic acids is 3. The molecule has 0 spiro atoms. The molecule has 18 aromatic carbocycles. The summed E-state index contributed by atoms with van der Waals surface area (Å²) in [6, 6.07) is 126. The number of hydrogen-bond donors (Lipinski definition) is 1. The van der Waals surface area contributed by atoms with E-state index in [1.165, 1.54) is 71.7 Å². The molecule has 7 heteroatoms. The lowest BCUT2D eigenvalue weighted by Crippen LogP contribution is -2.10. The molecule has 0 atom stereocenters. The number of ether oxygens (including phenoxy) is 1. The molecule has 1 aliphatic carbocycles. The van der Waals surface area contributed by atoms with Crippen molar-refractivity contribution in [3.8, 4) is 0 Å². The third-order valence-electron chi connectivity index (χ3n) is 19.5. The molecule has 7 nitrogen and oxygen atoms in total. The van der Waals surface area contributed by atoms with Gasteiger partial charge in [0.05, 0.1) is 18.2 Å². The predicted octanol–water partition coefficient (Wildman–Crippen LogP) is 25.4. The van der Waals surface area contributed by atoms with E-state index in [2.05, 4.69) is 312 Å². The Morgan fingerprint density at radius 3 is 0.864 bits per heavy atom. The molecule has 1 aliphatic rings. The Kier molecular flexibility index (Phi) is 16.6. The van der Waals surface area contributed by atoms with E-state index < -0.39 is 0 Å². The van der Waals surface area contributed by atoms with E-state index in [1.807, 2.05) is 66.7 Å². The fourth-order valence-corrected chi connectivity index (χ4v) is 14.3. The van der Waals surface area contributed by atoms with Crippen LogP contribution in [0.15, 0.2) is 370 Å². The number of hydrogen-bond acceptors (Lipinski definition) is 7. The topological polar surface area (TPSA) is 79.0 Å². The van der Waals surface area contributed by atoms with E-state index in [1.54, 1.807) is 6.08 Å². The zero-order chi connectivity index (χ0) is 69.3. The van der Waals surface area contributed by atoms with Gasteiger partial charge in [-0.2, -0.15) is 0 Å². The first-order valence-electron chi connectivity index (χ1n) is 34.5. The molecule has 0 aromatic heterocycles. The third-order valence-corrected chi connectivity index (χ3v) is 19.5. The molecule has 0 amide bonds. The first-order valence-corrected chi connectivity index (χ1v) is 34.5. The van der Waals surface area contributed by atoms with Gasteiger partial charge in [-0.3, -0.25) is 9.59 Å². The van der Waals surface area contributed by atoms with Gasteiger partial charge in [0.2, 0.25) is 0 Å². The molecule has 0 unspecified atom stereocenters. The first kappa shape index (κ1) is 62.7. The van der Waals surface area contributed by atoms with Crippen LogP contribution in [0.1, 0.15) is 36.6 Å². The van der Waals surface area contributed by atoms with Crippen molar-refractivity contribution < 1.29 is 19.1 Å². The Morgan fingerprint density at radius 1 is 0.272 bits per heavy atom. The Bertz CT molecular complexity index is 6160. The van der Waals surface area contributed by atoms with Gasteiger partial charge in [-0.25, -0.2) is 4.79 Å². The number of nitrogens with zero attached hydrogens (tertiary/aromatic N) is 2. The maximum atomic E-state index is 13.4. The number of rotatable bonds is 10. The average molecular weight is 1320 g/mol. The van der Waals surface area contributed by atoms with Gasteiger partial charge in [-0.1, -0.05) is 237 Å². The van der Waals surface area contributed by atoms with Crippen LogP contribution in [0.3, 0.4) is 0 Å². The number of anilines is 8. The van der Waals surface area contributed by atoms with E-state index in [0.717, 1.165) is 83.4 Å². The fraction of sp³-hybridized carbons (Fsp3) is 0.0104. The van der Waals surface area contributed by atoms with Gasteiger partial charge in [0.1, 0.15) is 0 Å². The summed E-state index contributed by atoms with van der Waals surface area (Å²) in [4.78, 5) is 43.3. The van der Waals surface area contributed by atoms with Crippen molar-refractivity contribution in [2.24, 2.45) is 0 Å². The standard InChI is InChI=1S/C44H27NO2.C32H23NO2.C20H15N/c46-43-40-26-33-11-5-6-12-34(33)27-41(40)44(47)42(43)22-28-13-14-36-25-39(20-17-35(36)21-28)45(37-18-15-29-7-1-3-9-31(29)23-37)38-19-16-30-8-2-4-10-32(30)24-38;1-35-32(34)28-11-10-27-21-31(17-14-26(27)18-28)33(29-15-12-22-6-2-4-8-24(22)19-29)30-16-13-23-7-3-5-9-25(23)20-30;1-3-7-17-13-19(11-9-15(17)5-1)21-20-12-10-16-6-2-4-8-18(16)14-20/h1-27H;2-21H,1H3;1-14,21H. The molecular formula is C96H65N3O4. The quantitative estimate of drug-likeness (QED) is 0.0830. The molecule has 0 saturated heterocycles.